The number of methoxy groups -OCH3 is 1. The van der Waals surface area contributed by atoms with Crippen LogP contribution in [0.4, 0.5) is 0 Å². The van der Waals surface area contributed by atoms with E-state index < -0.39 is 5.54 Å². The third kappa shape index (κ3) is 5.24. The van der Waals surface area contributed by atoms with Crippen LogP contribution in [-0.4, -0.2) is 61.9 Å². The Balaban J connectivity index is 2.58. The number of ether oxygens (including phenoxy) is 2. The number of likely N-dealkylation sites (N-methyl/N-ethyl adjacent to an activating group) is 1. The summed E-state index contributed by atoms with van der Waals surface area (Å²) in [4.78, 5) is 14.6. The van der Waals surface area contributed by atoms with Gasteiger partial charge in [0.15, 0.2) is 0 Å². The average Bonchev–Trinajstić information content (AvgIpc) is 2.46. The Morgan fingerprint density at radius 2 is 2.14 bits per heavy atom. The van der Waals surface area contributed by atoms with Crippen molar-refractivity contribution in [2.45, 2.75) is 58.1 Å². The van der Waals surface area contributed by atoms with Crippen LogP contribution >= 0.6 is 0 Å². The minimum Gasteiger partial charge on any atom is -0.465 e. The first kappa shape index (κ1) is 18.4. The first-order chi connectivity index (χ1) is 9.89. The van der Waals surface area contributed by atoms with Gasteiger partial charge in [-0.3, -0.25) is 4.79 Å². The fourth-order valence-corrected chi connectivity index (χ4v) is 2.99. The number of nitrogens with zero attached hydrogens (tertiary/aromatic N) is 1. The van der Waals surface area contributed by atoms with Crippen molar-refractivity contribution in [3.63, 3.8) is 0 Å². The van der Waals surface area contributed by atoms with Gasteiger partial charge in [-0.15, -0.1) is 0 Å². The van der Waals surface area contributed by atoms with E-state index in [-0.39, 0.29) is 11.6 Å². The van der Waals surface area contributed by atoms with Gasteiger partial charge >= 0.3 is 5.97 Å². The molecule has 1 aliphatic heterocycles. The van der Waals surface area contributed by atoms with E-state index in [1.807, 2.05) is 20.8 Å². The van der Waals surface area contributed by atoms with Crippen LogP contribution < -0.4 is 5.32 Å². The normalized spacial score (nSPS) is 26.3. The largest absolute Gasteiger partial charge is 0.465 e. The Morgan fingerprint density at radius 3 is 2.71 bits per heavy atom. The monoisotopic (exact) mass is 300 g/mol. The molecule has 1 aliphatic rings. The van der Waals surface area contributed by atoms with Gasteiger partial charge in [-0.2, -0.15) is 0 Å². The number of hydrogen-bond acceptors (Lipinski definition) is 5. The minimum absolute atomic E-state index is 0.0588. The van der Waals surface area contributed by atoms with Gasteiger partial charge in [-0.25, -0.2) is 0 Å². The van der Waals surface area contributed by atoms with Crippen LogP contribution in [0.3, 0.4) is 0 Å². The summed E-state index contributed by atoms with van der Waals surface area (Å²) in [5, 5.41) is 3.29. The van der Waals surface area contributed by atoms with Crippen LogP contribution in [0.1, 0.15) is 47.0 Å². The van der Waals surface area contributed by atoms with Crippen LogP contribution in [0.25, 0.3) is 0 Å². The molecule has 2 atom stereocenters. The quantitative estimate of drug-likeness (QED) is 0.693. The van der Waals surface area contributed by atoms with Gasteiger partial charge in [0.1, 0.15) is 5.54 Å². The molecule has 2 unspecified atom stereocenters. The number of esters is 1. The maximum absolute atomic E-state index is 12.2. The highest BCUT2D eigenvalue weighted by Crippen LogP contribution is 2.25. The van der Waals surface area contributed by atoms with Crippen molar-refractivity contribution in [1.29, 1.82) is 0 Å². The summed E-state index contributed by atoms with van der Waals surface area (Å²) in [6.45, 7) is 12.0. The molecule has 0 amide bonds. The fraction of sp³-hybridized carbons (Fsp3) is 0.938. The highest BCUT2D eigenvalue weighted by Gasteiger charge is 2.36. The molecule has 1 rings (SSSR count). The SMILES string of the molecule is CCNC(C)(CCN1CCCC(C)(OC)C1)C(=O)OCC. The van der Waals surface area contributed by atoms with Crippen molar-refractivity contribution in [3.8, 4) is 0 Å². The lowest BCUT2D eigenvalue weighted by atomic mass is 9.92. The Kier molecular flexibility index (Phi) is 7.10. The molecule has 124 valence electrons. The Bertz CT molecular complexity index is 337. The summed E-state index contributed by atoms with van der Waals surface area (Å²) in [5.41, 5.74) is -0.664. The summed E-state index contributed by atoms with van der Waals surface area (Å²) in [5.74, 6) is -0.154. The molecule has 0 aromatic heterocycles. The van der Waals surface area contributed by atoms with Crippen molar-refractivity contribution in [2.75, 3.05) is 39.9 Å². The van der Waals surface area contributed by atoms with E-state index in [9.17, 15) is 4.79 Å². The van der Waals surface area contributed by atoms with Crippen molar-refractivity contribution >= 4 is 5.97 Å². The number of rotatable bonds is 8. The number of likely N-dealkylation sites (tertiary alicyclic amines) is 1. The lowest BCUT2D eigenvalue weighted by molar-refractivity contribution is -0.151. The highest BCUT2D eigenvalue weighted by molar-refractivity contribution is 5.80. The summed E-state index contributed by atoms with van der Waals surface area (Å²) in [6.07, 6.45) is 2.99. The second kappa shape index (κ2) is 8.11. The molecule has 0 aromatic carbocycles. The summed E-state index contributed by atoms with van der Waals surface area (Å²) in [7, 11) is 1.78. The fourth-order valence-electron chi connectivity index (χ4n) is 2.99. The second-order valence-electron chi connectivity index (χ2n) is 6.37. The van der Waals surface area contributed by atoms with E-state index in [1.54, 1.807) is 7.11 Å². The zero-order valence-electron chi connectivity index (χ0n) is 14.3. The molecule has 0 aliphatic carbocycles. The smallest absolute Gasteiger partial charge is 0.326 e. The Morgan fingerprint density at radius 1 is 1.43 bits per heavy atom. The van der Waals surface area contributed by atoms with Crippen LogP contribution in [0.15, 0.2) is 0 Å². The molecular weight excluding hydrogens is 268 g/mol. The van der Waals surface area contributed by atoms with E-state index in [2.05, 4.69) is 17.1 Å². The van der Waals surface area contributed by atoms with Crippen LogP contribution in [0, 0.1) is 0 Å². The predicted octanol–water partition coefficient (Wildman–Crippen LogP) is 1.81. The molecule has 0 radical (unpaired) electrons. The summed E-state index contributed by atoms with van der Waals surface area (Å²) < 4.78 is 10.8. The van der Waals surface area contributed by atoms with Gasteiger partial charge in [0.2, 0.25) is 0 Å². The lowest BCUT2D eigenvalue weighted by Crippen LogP contribution is -2.54. The zero-order chi connectivity index (χ0) is 15.9. The van der Waals surface area contributed by atoms with Crippen LogP contribution in [0.5, 0.6) is 0 Å². The molecule has 1 heterocycles. The lowest BCUT2D eigenvalue weighted by Gasteiger charge is -2.40. The van der Waals surface area contributed by atoms with Gasteiger partial charge in [-0.1, -0.05) is 6.92 Å². The molecule has 1 fully saturated rings. The van der Waals surface area contributed by atoms with Crippen molar-refractivity contribution in [3.05, 3.63) is 0 Å². The van der Waals surface area contributed by atoms with E-state index in [1.165, 1.54) is 0 Å². The molecule has 21 heavy (non-hydrogen) atoms. The molecule has 0 bridgehead atoms. The maximum Gasteiger partial charge on any atom is 0.326 e. The van der Waals surface area contributed by atoms with Crippen LogP contribution in [-0.2, 0) is 14.3 Å². The van der Waals surface area contributed by atoms with Gasteiger partial charge in [0.25, 0.3) is 0 Å². The van der Waals surface area contributed by atoms with E-state index in [0.717, 1.165) is 45.4 Å². The third-order valence-electron chi connectivity index (χ3n) is 4.45. The Labute approximate surface area is 129 Å². The predicted molar refractivity (Wildman–Crippen MR) is 84.4 cm³/mol. The molecule has 5 heteroatoms. The summed E-state index contributed by atoms with van der Waals surface area (Å²) in [6, 6.07) is 0. The molecule has 5 nitrogen and oxygen atoms in total. The molecule has 0 spiro atoms. The molecule has 0 saturated carbocycles. The molecular formula is C16H32N2O3. The summed E-state index contributed by atoms with van der Waals surface area (Å²) >= 11 is 0. The van der Waals surface area contributed by atoms with Gasteiger partial charge < -0.3 is 19.7 Å². The van der Waals surface area contributed by atoms with Gasteiger partial charge in [0, 0.05) is 20.2 Å². The number of carbonyl (C=O) groups excluding carboxylic acids is 1. The molecule has 1 saturated heterocycles. The third-order valence-corrected chi connectivity index (χ3v) is 4.45. The zero-order valence-corrected chi connectivity index (χ0v) is 14.3. The maximum atomic E-state index is 12.2. The second-order valence-corrected chi connectivity index (χ2v) is 6.37. The van der Waals surface area contributed by atoms with Crippen molar-refractivity contribution in [2.24, 2.45) is 0 Å². The van der Waals surface area contributed by atoms with E-state index >= 15 is 0 Å². The number of piperidine rings is 1. The van der Waals surface area contributed by atoms with Crippen molar-refractivity contribution in [1.82, 2.24) is 10.2 Å². The molecule has 1 N–H and O–H groups in total. The van der Waals surface area contributed by atoms with Gasteiger partial charge in [0.05, 0.1) is 12.2 Å². The first-order valence-corrected chi connectivity index (χ1v) is 8.09. The molecule has 0 aromatic rings. The van der Waals surface area contributed by atoms with Gasteiger partial charge in [-0.05, 0) is 53.1 Å². The van der Waals surface area contributed by atoms with E-state index in [4.69, 9.17) is 9.47 Å². The minimum atomic E-state index is -0.605. The average molecular weight is 300 g/mol. The highest BCUT2D eigenvalue weighted by atomic mass is 16.5. The first-order valence-electron chi connectivity index (χ1n) is 8.09. The Hall–Kier alpha value is -0.650. The standard InChI is InChI=1S/C16H32N2O3/c1-6-17-16(4,14(19)21-7-2)10-12-18-11-8-9-15(3,13-18)20-5/h17H,6-13H2,1-5H3. The topological polar surface area (TPSA) is 50.8 Å². The van der Waals surface area contributed by atoms with Crippen molar-refractivity contribution < 1.29 is 14.3 Å². The number of nitrogens with one attached hydrogen (secondary N) is 1. The number of carbonyl (C=O) groups is 1. The van der Waals surface area contributed by atoms with E-state index in [0.29, 0.717) is 6.61 Å². The van der Waals surface area contributed by atoms with Crippen LogP contribution in [0.2, 0.25) is 0 Å². The number of hydrogen-bond donors (Lipinski definition) is 1.